The first-order valence-electron chi connectivity index (χ1n) is 9.89. The van der Waals surface area contributed by atoms with Crippen molar-refractivity contribution in [3.63, 3.8) is 0 Å². The number of carbonyl (C=O) groups is 1. The van der Waals surface area contributed by atoms with Crippen LogP contribution in [0.2, 0.25) is 0 Å². The Kier molecular flexibility index (Phi) is 7.01. The molecule has 0 bridgehead atoms. The number of piperidine rings is 1. The fraction of sp³-hybridized carbons (Fsp3) is 0.455. The molecule has 0 saturated carbocycles. The molecule has 0 unspecified atom stereocenters. The van der Waals surface area contributed by atoms with Gasteiger partial charge in [0.2, 0.25) is 11.8 Å². The van der Waals surface area contributed by atoms with E-state index in [0.29, 0.717) is 38.4 Å². The summed E-state index contributed by atoms with van der Waals surface area (Å²) in [6, 6.07) is 13.2. The first-order valence-corrected chi connectivity index (χ1v) is 9.89. The number of hydrogen-bond donors (Lipinski definition) is 2. The van der Waals surface area contributed by atoms with Crippen LogP contribution in [0, 0.1) is 0 Å². The highest BCUT2D eigenvalue weighted by Crippen LogP contribution is 2.25. The van der Waals surface area contributed by atoms with Gasteiger partial charge in [-0.25, -0.2) is 4.98 Å². The zero-order valence-electron chi connectivity index (χ0n) is 16.5. The lowest BCUT2D eigenvalue weighted by molar-refractivity contribution is -0.127. The minimum Gasteiger partial charge on any atom is -0.475 e. The highest BCUT2D eigenvalue weighted by molar-refractivity contribution is 5.83. The predicted octanol–water partition coefficient (Wildman–Crippen LogP) is 2.68. The Morgan fingerprint density at radius 1 is 1.25 bits per heavy atom. The Morgan fingerprint density at radius 3 is 2.64 bits per heavy atom. The van der Waals surface area contributed by atoms with Crippen LogP contribution in [-0.4, -0.2) is 46.2 Å². The zero-order chi connectivity index (χ0) is 19.9. The molecule has 1 aliphatic rings. The molecule has 28 heavy (non-hydrogen) atoms. The minimum absolute atomic E-state index is 0.0364. The van der Waals surface area contributed by atoms with Crippen molar-refractivity contribution in [2.45, 2.75) is 51.5 Å². The van der Waals surface area contributed by atoms with Crippen LogP contribution in [0.5, 0.6) is 5.88 Å². The van der Waals surface area contributed by atoms with Crippen molar-refractivity contribution in [2.75, 3.05) is 13.1 Å². The fourth-order valence-electron chi connectivity index (χ4n) is 3.46. The summed E-state index contributed by atoms with van der Waals surface area (Å²) in [5, 5.41) is 12.9. The topological polar surface area (TPSA) is 74.7 Å². The second-order valence-corrected chi connectivity index (χ2v) is 7.47. The first kappa shape index (κ1) is 20.3. The number of pyridine rings is 1. The molecule has 1 atom stereocenters. The number of hydrogen-bond acceptors (Lipinski definition) is 5. The van der Waals surface area contributed by atoms with Crippen molar-refractivity contribution < 1.29 is 14.6 Å². The number of nitrogens with one attached hydrogen (secondary N) is 1. The molecule has 6 heteroatoms. The molecule has 3 rings (SSSR count). The van der Waals surface area contributed by atoms with Crippen LogP contribution in [0.1, 0.15) is 43.9 Å². The monoisotopic (exact) mass is 383 g/mol. The number of nitrogens with zero attached hydrogens (tertiary/aromatic N) is 2. The van der Waals surface area contributed by atoms with Crippen LogP contribution in [-0.2, 0) is 11.3 Å². The summed E-state index contributed by atoms with van der Waals surface area (Å²) in [7, 11) is 0. The number of benzene rings is 1. The van der Waals surface area contributed by atoms with E-state index in [-0.39, 0.29) is 24.2 Å². The quantitative estimate of drug-likeness (QED) is 0.769. The smallest absolute Gasteiger partial charge is 0.242 e. The third-order valence-electron chi connectivity index (χ3n) is 4.85. The van der Waals surface area contributed by atoms with Crippen LogP contribution in [0.25, 0.3) is 0 Å². The van der Waals surface area contributed by atoms with Crippen LogP contribution in [0.4, 0.5) is 0 Å². The molecule has 0 spiro atoms. The first-order chi connectivity index (χ1) is 13.5. The van der Waals surface area contributed by atoms with Gasteiger partial charge in [-0.2, -0.15) is 0 Å². The largest absolute Gasteiger partial charge is 0.475 e. The lowest BCUT2D eigenvalue weighted by Gasteiger charge is -2.35. The maximum atomic E-state index is 13.1. The second kappa shape index (κ2) is 9.66. The Balaban J connectivity index is 1.69. The van der Waals surface area contributed by atoms with E-state index in [1.165, 1.54) is 0 Å². The van der Waals surface area contributed by atoms with Gasteiger partial charge in [-0.15, -0.1) is 0 Å². The number of rotatable bonds is 7. The van der Waals surface area contributed by atoms with Crippen molar-refractivity contribution in [3.05, 3.63) is 59.8 Å². The fourth-order valence-corrected chi connectivity index (χ4v) is 3.46. The molecule has 1 aromatic heterocycles. The molecule has 150 valence electrons. The van der Waals surface area contributed by atoms with Crippen molar-refractivity contribution >= 4 is 5.91 Å². The third-order valence-corrected chi connectivity index (χ3v) is 4.85. The Hall–Kier alpha value is -2.44. The van der Waals surface area contributed by atoms with E-state index >= 15 is 0 Å². The Labute approximate surface area is 166 Å². The molecular formula is C22H29N3O3. The van der Waals surface area contributed by atoms with E-state index in [0.717, 1.165) is 11.1 Å². The van der Waals surface area contributed by atoms with Crippen LogP contribution >= 0.6 is 0 Å². The maximum absolute atomic E-state index is 13.1. The number of ether oxygens (including phenoxy) is 1. The summed E-state index contributed by atoms with van der Waals surface area (Å²) < 4.78 is 5.63. The lowest BCUT2D eigenvalue weighted by Crippen LogP contribution is -2.45. The highest BCUT2D eigenvalue weighted by Gasteiger charge is 2.30. The Bertz CT molecular complexity index is 759. The molecule has 0 aliphatic carbocycles. The molecule has 2 aromatic rings. The number of amides is 1. The summed E-state index contributed by atoms with van der Waals surface area (Å²) in [5.41, 5.74) is 1.91. The van der Waals surface area contributed by atoms with E-state index in [9.17, 15) is 9.90 Å². The van der Waals surface area contributed by atoms with Gasteiger partial charge in [0.05, 0.1) is 12.2 Å². The summed E-state index contributed by atoms with van der Waals surface area (Å²) in [4.78, 5) is 19.5. The number of aliphatic hydroxyl groups excluding tert-OH is 1. The van der Waals surface area contributed by atoms with Gasteiger partial charge in [0, 0.05) is 31.9 Å². The number of carbonyl (C=O) groups excluding carboxylic acids is 1. The molecule has 1 amide bonds. The van der Waals surface area contributed by atoms with Crippen molar-refractivity contribution in [2.24, 2.45) is 0 Å². The van der Waals surface area contributed by atoms with Crippen molar-refractivity contribution in [1.82, 2.24) is 15.2 Å². The average Bonchev–Trinajstić information content (AvgIpc) is 2.69. The summed E-state index contributed by atoms with van der Waals surface area (Å²) in [6.07, 6.45) is 2.86. The Morgan fingerprint density at radius 2 is 1.96 bits per heavy atom. The molecule has 2 heterocycles. The van der Waals surface area contributed by atoms with Gasteiger partial charge in [0.25, 0.3) is 0 Å². The SMILES string of the molecule is CC(C)Oc1cc(CNC(=O)[C@@H](c2ccccc2)N2CCC(O)CC2)ccn1. The normalized spacial score (nSPS) is 16.7. The molecule has 1 aliphatic heterocycles. The van der Waals surface area contributed by atoms with Gasteiger partial charge >= 0.3 is 0 Å². The van der Waals surface area contributed by atoms with Gasteiger partial charge in [-0.3, -0.25) is 9.69 Å². The number of likely N-dealkylation sites (tertiary alicyclic amines) is 1. The molecule has 2 N–H and O–H groups in total. The minimum atomic E-state index is -0.359. The average molecular weight is 383 g/mol. The van der Waals surface area contributed by atoms with Crippen LogP contribution < -0.4 is 10.1 Å². The van der Waals surface area contributed by atoms with E-state index < -0.39 is 0 Å². The molecule has 1 aromatic carbocycles. The number of aromatic nitrogens is 1. The van der Waals surface area contributed by atoms with Crippen molar-refractivity contribution in [3.8, 4) is 5.88 Å². The second-order valence-electron chi connectivity index (χ2n) is 7.47. The molecule has 0 radical (unpaired) electrons. The van der Waals surface area contributed by atoms with Gasteiger partial charge < -0.3 is 15.2 Å². The maximum Gasteiger partial charge on any atom is 0.242 e. The summed E-state index contributed by atoms with van der Waals surface area (Å²) in [6.45, 7) is 5.73. The van der Waals surface area contributed by atoms with Gasteiger partial charge in [-0.05, 0) is 43.9 Å². The predicted molar refractivity (Wildman–Crippen MR) is 108 cm³/mol. The standard InChI is InChI=1S/C22H29N3O3/c1-16(2)28-20-14-17(8-11-23-20)15-24-22(27)21(18-6-4-3-5-7-18)25-12-9-19(26)10-13-25/h3-8,11,14,16,19,21,26H,9-10,12-13,15H2,1-2H3,(H,24,27)/t21-/m1/s1. The van der Waals surface area contributed by atoms with E-state index in [1.807, 2.05) is 56.3 Å². The van der Waals surface area contributed by atoms with Gasteiger partial charge in [0.15, 0.2) is 0 Å². The molecule has 1 saturated heterocycles. The van der Waals surface area contributed by atoms with Gasteiger partial charge in [-0.1, -0.05) is 30.3 Å². The third kappa shape index (κ3) is 5.53. The van der Waals surface area contributed by atoms with E-state index in [1.54, 1.807) is 6.20 Å². The van der Waals surface area contributed by atoms with E-state index in [2.05, 4.69) is 15.2 Å². The van der Waals surface area contributed by atoms with Gasteiger partial charge in [0.1, 0.15) is 6.04 Å². The number of aliphatic hydroxyl groups is 1. The highest BCUT2D eigenvalue weighted by atomic mass is 16.5. The van der Waals surface area contributed by atoms with Crippen LogP contribution in [0.3, 0.4) is 0 Å². The van der Waals surface area contributed by atoms with Crippen molar-refractivity contribution in [1.29, 1.82) is 0 Å². The molecular weight excluding hydrogens is 354 g/mol. The summed E-state index contributed by atoms with van der Waals surface area (Å²) in [5.74, 6) is 0.525. The molecule has 6 nitrogen and oxygen atoms in total. The van der Waals surface area contributed by atoms with Crippen LogP contribution in [0.15, 0.2) is 48.7 Å². The molecule has 1 fully saturated rings. The van der Waals surface area contributed by atoms with E-state index in [4.69, 9.17) is 4.74 Å². The zero-order valence-corrected chi connectivity index (χ0v) is 16.5. The lowest BCUT2D eigenvalue weighted by atomic mass is 10.00. The summed E-state index contributed by atoms with van der Waals surface area (Å²) >= 11 is 0.